The molecule has 0 aliphatic carbocycles. The van der Waals surface area contributed by atoms with Crippen LogP contribution in [0.1, 0.15) is 17.2 Å². The zero-order valence-electron chi connectivity index (χ0n) is 20.9. The zero-order chi connectivity index (χ0) is 25.9. The van der Waals surface area contributed by atoms with Gasteiger partial charge in [0.25, 0.3) is 0 Å². The number of ether oxygens (including phenoxy) is 3. The first-order valence-corrected chi connectivity index (χ1v) is 12.4. The third kappa shape index (κ3) is 5.27. The molecule has 1 aliphatic heterocycles. The number of imidazole rings is 1. The second-order valence-corrected chi connectivity index (χ2v) is 9.17. The first-order chi connectivity index (χ1) is 18.0. The molecule has 1 unspecified atom stereocenters. The molecule has 0 amide bonds. The number of halogens is 1. The van der Waals surface area contributed by atoms with Gasteiger partial charge < -0.3 is 34.5 Å². The van der Waals surface area contributed by atoms with Gasteiger partial charge in [-0.1, -0.05) is 23.7 Å². The van der Waals surface area contributed by atoms with Gasteiger partial charge >= 0.3 is 6.01 Å². The Bertz CT molecular complexity index is 1410. The van der Waals surface area contributed by atoms with Gasteiger partial charge in [-0.05, 0) is 42.3 Å². The van der Waals surface area contributed by atoms with E-state index in [-0.39, 0.29) is 18.4 Å². The number of fused-ring (bicyclic) bond motifs is 1. The molecule has 0 saturated carbocycles. The minimum atomic E-state index is -0.826. The number of benzene rings is 2. The fraction of sp³-hybridized carbons (Fsp3) is 0.346. The van der Waals surface area contributed by atoms with Gasteiger partial charge in [-0.25, -0.2) is 4.98 Å². The number of nitrogens with zero attached hydrogens (tertiary/aromatic N) is 4. The summed E-state index contributed by atoms with van der Waals surface area (Å²) < 4.78 is 16.4. The normalized spacial score (nSPS) is 14.6. The van der Waals surface area contributed by atoms with Gasteiger partial charge in [0.2, 0.25) is 5.88 Å². The molecule has 0 radical (unpaired) electrons. The third-order valence-electron chi connectivity index (χ3n) is 6.30. The van der Waals surface area contributed by atoms with Gasteiger partial charge in [0, 0.05) is 30.3 Å². The van der Waals surface area contributed by atoms with E-state index < -0.39 is 6.10 Å². The molecular formula is C26H29ClN6O4. The van der Waals surface area contributed by atoms with Crippen LogP contribution in [-0.2, 0) is 4.74 Å². The molecule has 1 saturated heterocycles. The SMILES string of the molecule is COc1nc(NCC(O)c2cccc(Cl)c2)c(-c2nc3c(C)cc(N4CCOCC4)cc3[nH]2)c(OC)n1. The van der Waals surface area contributed by atoms with E-state index in [0.29, 0.717) is 41.0 Å². The number of morpholine rings is 1. The van der Waals surface area contributed by atoms with E-state index in [4.69, 9.17) is 30.8 Å². The molecule has 3 N–H and O–H groups in total. The maximum absolute atomic E-state index is 10.8. The van der Waals surface area contributed by atoms with E-state index in [0.717, 1.165) is 35.4 Å². The van der Waals surface area contributed by atoms with Gasteiger partial charge in [0.1, 0.15) is 17.2 Å². The molecule has 4 aromatic rings. The molecule has 0 spiro atoms. The summed E-state index contributed by atoms with van der Waals surface area (Å²) in [5.41, 5.74) is 5.11. The monoisotopic (exact) mass is 524 g/mol. The predicted octanol–water partition coefficient (Wildman–Crippen LogP) is 3.98. The highest BCUT2D eigenvalue weighted by Crippen LogP contribution is 2.37. The summed E-state index contributed by atoms with van der Waals surface area (Å²) in [4.78, 5) is 19.5. The summed E-state index contributed by atoms with van der Waals surface area (Å²) in [5.74, 6) is 1.24. The largest absolute Gasteiger partial charge is 0.480 e. The molecular weight excluding hydrogens is 496 g/mol. The highest BCUT2D eigenvalue weighted by molar-refractivity contribution is 6.30. The fourth-order valence-electron chi connectivity index (χ4n) is 4.42. The average molecular weight is 525 g/mol. The second-order valence-electron chi connectivity index (χ2n) is 8.74. The fourth-order valence-corrected chi connectivity index (χ4v) is 4.62. The number of anilines is 2. The Morgan fingerprint density at radius 1 is 1.14 bits per heavy atom. The lowest BCUT2D eigenvalue weighted by Crippen LogP contribution is -2.36. The van der Waals surface area contributed by atoms with Gasteiger partial charge in [-0.15, -0.1) is 0 Å². The van der Waals surface area contributed by atoms with Crippen molar-refractivity contribution in [1.29, 1.82) is 0 Å². The van der Waals surface area contributed by atoms with Gasteiger partial charge in [-0.2, -0.15) is 9.97 Å². The number of aromatic amines is 1. The highest BCUT2D eigenvalue weighted by Gasteiger charge is 2.23. The Morgan fingerprint density at radius 3 is 2.68 bits per heavy atom. The van der Waals surface area contributed by atoms with Crippen molar-refractivity contribution in [1.82, 2.24) is 19.9 Å². The van der Waals surface area contributed by atoms with Crippen LogP contribution in [0.5, 0.6) is 11.9 Å². The van der Waals surface area contributed by atoms with Crippen molar-refractivity contribution in [2.45, 2.75) is 13.0 Å². The first-order valence-electron chi connectivity index (χ1n) is 12.0. The van der Waals surface area contributed by atoms with Crippen LogP contribution in [0.4, 0.5) is 11.5 Å². The van der Waals surface area contributed by atoms with E-state index >= 15 is 0 Å². The van der Waals surface area contributed by atoms with Crippen molar-refractivity contribution in [3.05, 3.63) is 52.5 Å². The molecule has 0 bridgehead atoms. The van der Waals surface area contributed by atoms with Crippen LogP contribution in [0.15, 0.2) is 36.4 Å². The Balaban J connectivity index is 1.52. The number of aryl methyl sites for hydroxylation is 1. The molecule has 37 heavy (non-hydrogen) atoms. The Hall–Kier alpha value is -3.60. The van der Waals surface area contributed by atoms with Crippen molar-refractivity contribution < 1.29 is 19.3 Å². The van der Waals surface area contributed by atoms with Crippen LogP contribution >= 0.6 is 11.6 Å². The number of hydrogen-bond acceptors (Lipinski definition) is 9. The lowest BCUT2D eigenvalue weighted by Gasteiger charge is -2.29. The molecule has 2 aromatic carbocycles. The van der Waals surface area contributed by atoms with Crippen molar-refractivity contribution in [3.63, 3.8) is 0 Å². The second kappa shape index (κ2) is 10.8. The number of aliphatic hydroxyl groups is 1. The van der Waals surface area contributed by atoms with Crippen LogP contribution < -0.4 is 19.7 Å². The summed E-state index contributed by atoms with van der Waals surface area (Å²) in [6.45, 7) is 5.31. The first kappa shape index (κ1) is 25.1. The van der Waals surface area contributed by atoms with Crippen LogP contribution in [0.3, 0.4) is 0 Å². The predicted molar refractivity (Wildman–Crippen MR) is 143 cm³/mol. The molecule has 2 aromatic heterocycles. The van der Waals surface area contributed by atoms with Crippen molar-refractivity contribution >= 4 is 34.1 Å². The minimum absolute atomic E-state index is 0.127. The van der Waals surface area contributed by atoms with Gasteiger partial charge in [0.15, 0.2) is 0 Å². The van der Waals surface area contributed by atoms with E-state index in [1.807, 2.05) is 13.0 Å². The number of rotatable bonds is 8. The van der Waals surface area contributed by atoms with Crippen LogP contribution in [-0.4, -0.2) is 72.1 Å². The van der Waals surface area contributed by atoms with E-state index in [2.05, 4.69) is 37.3 Å². The van der Waals surface area contributed by atoms with E-state index in [1.54, 1.807) is 18.2 Å². The van der Waals surface area contributed by atoms with Crippen LogP contribution in [0.25, 0.3) is 22.4 Å². The van der Waals surface area contributed by atoms with Crippen molar-refractivity contribution in [2.75, 3.05) is 57.3 Å². The number of nitrogens with one attached hydrogen (secondary N) is 2. The minimum Gasteiger partial charge on any atom is -0.480 e. The summed E-state index contributed by atoms with van der Waals surface area (Å²) >= 11 is 6.10. The Kier molecular flexibility index (Phi) is 7.31. The number of hydrogen-bond donors (Lipinski definition) is 3. The molecule has 5 rings (SSSR count). The lowest BCUT2D eigenvalue weighted by molar-refractivity contribution is 0.122. The average Bonchev–Trinajstić information content (AvgIpc) is 3.36. The van der Waals surface area contributed by atoms with Crippen LogP contribution in [0.2, 0.25) is 5.02 Å². The molecule has 1 fully saturated rings. The number of H-pyrrole nitrogens is 1. The molecule has 194 valence electrons. The maximum atomic E-state index is 10.8. The molecule has 1 atom stereocenters. The van der Waals surface area contributed by atoms with Crippen molar-refractivity contribution in [3.8, 4) is 23.3 Å². The number of aliphatic hydroxyl groups excluding tert-OH is 1. The highest BCUT2D eigenvalue weighted by atomic mass is 35.5. The third-order valence-corrected chi connectivity index (χ3v) is 6.54. The van der Waals surface area contributed by atoms with Crippen LogP contribution in [0, 0.1) is 6.92 Å². The molecule has 10 nitrogen and oxygen atoms in total. The summed E-state index contributed by atoms with van der Waals surface area (Å²) in [5, 5.41) is 14.5. The van der Waals surface area contributed by atoms with Crippen molar-refractivity contribution in [2.24, 2.45) is 0 Å². The number of methoxy groups -OCH3 is 2. The maximum Gasteiger partial charge on any atom is 0.321 e. The summed E-state index contributed by atoms with van der Waals surface area (Å²) in [7, 11) is 3.01. The van der Waals surface area contributed by atoms with E-state index in [9.17, 15) is 5.11 Å². The smallest absolute Gasteiger partial charge is 0.321 e. The quantitative estimate of drug-likeness (QED) is 0.314. The molecule has 1 aliphatic rings. The van der Waals surface area contributed by atoms with E-state index in [1.165, 1.54) is 14.2 Å². The zero-order valence-corrected chi connectivity index (χ0v) is 21.7. The standard InChI is InChI=1S/C26H29ClN6O4/c1-15-11-18(33-7-9-37-10-8-33)13-19-22(15)30-24(29-19)21-23(31-26(36-3)32-25(21)35-2)28-14-20(34)16-5-4-6-17(27)12-16/h4-6,11-13,20,34H,7-10,14H2,1-3H3,(H,29,30)(H,28,31,32). The lowest BCUT2D eigenvalue weighted by atomic mass is 10.1. The summed E-state index contributed by atoms with van der Waals surface area (Å²) in [6.07, 6.45) is -0.826. The topological polar surface area (TPSA) is 118 Å². The molecule has 3 heterocycles. The molecule has 11 heteroatoms. The number of aromatic nitrogens is 4. The Labute approximate surface area is 219 Å². The summed E-state index contributed by atoms with van der Waals surface area (Å²) in [6, 6.07) is 11.5. The van der Waals surface area contributed by atoms with Gasteiger partial charge in [-0.3, -0.25) is 0 Å². The Morgan fingerprint density at radius 2 is 1.95 bits per heavy atom. The van der Waals surface area contributed by atoms with Gasteiger partial charge in [0.05, 0.1) is 44.6 Å².